The third-order valence-corrected chi connectivity index (χ3v) is 0.500. The van der Waals surface area contributed by atoms with Crippen LogP contribution in [0.5, 0.6) is 0 Å². The minimum absolute atomic E-state index is 0. The summed E-state index contributed by atoms with van der Waals surface area (Å²) >= 11 is 0. The molecule has 0 aliphatic heterocycles. The van der Waals surface area contributed by atoms with Gasteiger partial charge in [-0.05, 0) is 13.1 Å². The van der Waals surface area contributed by atoms with Crippen molar-refractivity contribution in [3.05, 3.63) is 0 Å². The first-order valence-electron chi connectivity index (χ1n) is 3.05. The summed E-state index contributed by atoms with van der Waals surface area (Å²) in [5.41, 5.74) is 0. The fraction of sp³-hybridized carbons (Fsp3) is 0.833. The van der Waals surface area contributed by atoms with Crippen molar-refractivity contribution in [2.24, 2.45) is 0 Å². The summed E-state index contributed by atoms with van der Waals surface area (Å²) in [7, 11) is 0. The summed E-state index contributed by atoms with van der Waals surface area (Å²) < 4.78 is 0. The third-order valence-electron chi connectivity index (χ3n) is 0.500. The van der Waals surface area contributed by atoms with E-state index in [9.17, 15) is 0 Å². The molecule has 0 aromatic heterocycles. The maximum absolute atomic E-state index is 9.00. The average molecular weight is 173 g/mol. The Balaban J connectivity index is -0.0000000910. The first-order valence-corrected chi connectivity index (χ1v) is 3.05. The minimum atomic E-state index is -0.833. The van der Waals surface area contributed by atoms with Crippen LogP contribution in [0.15, 0.2) is 0 Å². The number of rotatable bonds is 2. The van der Waals surface area contributed by atoms with Crippen LogP contribution in [0.2, 0.25) is 0 Å². The van der Waals surface area contributed by atoms with Crippen molar-refractivity contribution in [1.29, 1.82) is 0 Å². The van der Waals surface area contributed by atoms with E-state index in [1.54, 1.807) is 0 Å². The SMILES string of the molecule is CC(=O)O.CCNCC.[KH]. The maximum atomic E-state index is 9.00. The van der Waals surface area contributed by atoms with E-state index in [0.29, 0.717) is 0 Å². The molecule has 0 saturated heterocycles. The van der Waals surface area contributed by atoms with Crippen LogP contribution in [0.25, 0.3) is 0 Å². The second kappa shape index (κ2) is 16.6. The Bertz CT molecular complexity index is 62.8. The summed E-state index contributed by atoms with van der Waals surface area (Å²) in [4.78, 5) is 9.00. The van der Waals surface area contributed by atoms with Crippen LogP contribution in [0.1, 0.15) is 20.8 Å². The molecule has 0 spiro atoms. The summed E-state index contributed by atoms with van der Waals surface area (Å²) in [5, 5.41) is 10.5. The first kappa shape index (κ1) is 17.2. The van der Waals surface area contributed by atoms with Gasteiger partial charge in [0.05, 0.1) is 0 Å². The second-order valence-electron chi connectivity index (χ2n) is 1.48. The molecule has 0 atom stereocenters. The fourth-order valence-electron chi connectivity index (χ4n) is 0.250. The van der Waals surface area contributed by atoms with Gasteiger partial charge in [0, 0.05) is 6.92 Å². The van der Waals surface area contributed by atoms with Gasteiger partial charge in [-0.25, -0.2) is 0 Å². The molecule has 0 amide bonds. The molecule has 2 N–H and O–H groups in total. The van der Waals surface area contributed by atoms with Gasteiger partial charge in [0.25, 0.3) is 5.97 Å². The summed E-state index contributed by atoms with van der Waals surface area (Å²) in [6, 6.07) is 0. The van der Waals surface area contributed by atoms with Gasteiger partial charge < -0.3 is 10.4 Å². The van der Waals surface area contributed by atoms with Crippen LogP contribution >= 0.6 is 0 Å². The number of aliphatic carboxylic acids is 1. The van der Waals surface area contributed by atoms with Crippen molar-refractivity contribution in [3.63, 3.8) is 0 Å². The predicted octanol–water partition coefficient (Wildman–Crippen LogP) is 0.0582. The van der Waals surface area contributed by atoms with E-state index < -0.39 is 5.97 Å². The molecule has 10 heavy (non-hydrogen) atoms. The number of carboxylic acids is 1. The number of hydrogen-bond acceptors (Lipinski definition) is 2. The van der Waals surface area contributed by atoms with Gasteiger partial charge in [-0.15, -0.1) is 0 Å². The van der Waals surface area contributed by atoms with Crippen molar-refractivity contribution in [2.75, 3.05) is 13.1 Å². The van der Waals surface area contributed by atoms with E-state index in [-0.39, 0.29) is 51.4 Å². The van der Waals surface area contributed by atoms with Crippen molar-refractivity contribution in [1.82, 2.24) is 5.32 Å². The van der Waals surface area contributed by atoms with Crippen molar-refractivity contribution in [2.45, 2.75) is 20.8 Å². The number of carbonyl (C=O) groups is 1. The van der Waals surface area contributed by atoms with Gasteiger partial charge in [0.2, 0.25) is 0 Å². The van der Waals surface area contributed by atoms with Crippen LogP contribution in [0, 0.1) is 0 Å². The molecule has 0 fully saturated rings. The van der Waals surface area contributed by atoms with Gasteiger partial charge in [-0.3, -0.25) is 4.79 Å². The van der Waals surface area contributed by atoms with Crippen LogP contribution in [-0.4, -0.2) is 75.5 Å². The fourth-order valence-corrected chi connectivity index (χ4v) is 0.250. The first-order chi connectivity index (χ1) is 4.15. The molecule has 4 heteroatoms. The van der Waals surface area contributed by atoms with Gasteiger partial charge in [0.15, 0.2) is 0 Å². The topological polar surface area (TPSA) is 49.3 Å². The Kier molecular flexibility index (Phi) is 28.6. The number of hydrogen-bond donors (Lipinski definition) is 2. The summed E-state index contributed by atoms with van der Waals surface area (Å²) in [6.07, 6.45) is 0. The second-order valence-corrected chi connectivity index (χ2v) is 1.48. The normalized spacial score (nSPS) is 6.70. The molecule has 0 radical (unpaired) electrons. The van der Waals surface area contributed by atoms with Crippen LogP contribution in [-0.2, 0) is 4.79 Å². The molecule has 0 bridgehead atoms. The quantitative estimate of drug-likeness (QED) is 0.581. The van der Waals surface area contributed by atoms with Gasteiger partial charge >= 0.3 is 51.4 Å². The molecule has 0 aromatic rings. The molecule has 58 valence electrons. The molecular weight excluding hydrogens is 157 g/mol. The van der Waals surface area contributed by atoms with Gasteiger partial charge in [0.1, 0.15) is 0 Å². The third kappa shape index (κ3) is 62.7. The molecule has 0 aromatic carbocycles. The molecule has 0 unspecified atom stereocenters. The Labute approximate surface area is 105 Å². The monoisotopic (exact) mass is 173 g/mol. The van der Waals surface area contributed by atoms with Crippen LogP contribution < -0.4 is 5.32 Å². The average Bonchev–Trinajstić information content (AvgIpc) is 1.66. The Morgan fingerprint density at radius 1 is 1.40 bits per heavy atom. The van der Waals surface area contributed by atoms with Gasteiger partial charge in [-0.1, -0.05) is 13.8 Å². The Hall–Kier alpha value is 1.07. The van der Waals surface area contributed by atoms with Crippen molar-refractivity contribution < 1.29 is 9.90 Å². The van der Waals surface area contributed by atoms with E-state index in [1.165, 1.54) is 0 Å². The van der Waals surface area contributed by atoms with Crippen LogP contribution in [0.4, 0.5) is 0 Å². The number of carboxylic acid groups (broad SMARTS) is 1. The zero-order valence-electron chi connectivity index (χ0n) is 6.27. The van der Waals surface area contributed by atoms with E-state index >= 15 is 0 Å². The number of nitrogens with one attached hydrogen (secondary N) is 1. The van der Waals surface area contributed by atoms with Crippen molar-refractivity contribution in [3.8, 4) is 0 Å². The molecule has 0 heterocycles. The predicted molar refractivity (Wildman–Crippen MR) is 44.7 cm³/mol. The molecule has 0 aliphatic carbocycles. The Morgan fingerprint density at radius 2 is 1.60 bits per heavy atom. The van der Waals surface area contributed by atoms with Crippen LogP contribution in [0.3, 0.4) is 0 Å². The molecule has 0 saturated carbocycles. The zero-order chi connectivity index (χ0) is 7.70. The van der Waals surface area contributed by atoms with E-state index in [4.69, 9.17) is 9.90 Å². The van der Waals surface area contributed by atoms with E-state index in [2.05, 4.69) is 19.2 Å². The summed E-state index contributed by atoms with van der Waals surface area (Å²) in [5.74, 6) is -0.833. The zero-order valence-corrected chi connectivity index (χ0v) is 6.27. The summed E-state index contributed by atoms with van der Waals surface area (Å²) in [6.45, 7) is 7.47. The molecule has 0 aliphatic rings. The van der Waals surface area contributed by atoms with Crippen molar-refractivity contribution >= 4 is 57.4 Å². The van der Waals surface area contributed by atoms with Gasteiger partial charge in [-0.2, -0.15) is 0 Å². The van der Waals surface area contributed by atoms with E-state index in [0.717, 1.165) is 20.0 Å². The molecule has 3 nitrogen and oxygen atoms in total. The Morgan fingerprint density at radius 3 is 1.60 bits per heavy atom. The molecule has 0 rings (SSSR count). The standard InChI is InChI=1S/C4H11N.C2H4O2.K.H/c1-3-5-4-2;1-2(3)4;;/h5H,3-4H2,1-2H3;1H3,(H,3,4);;. The molecular formula is C6H16KNO2. The van der Waals surface area contributed by atoms with E-state index in [1.807, 2.05) is 0 Å².